The first-order chi connectivity index (χ1) is 16.2. The average Bonchev–Trinajstić information content (AvgIpc) is 3.24. The molecule has 0 radical (unpaired) electrons. The molecule has 34 heavy (non-hydrogen) atoms. The van der Waals surface area contributed by atoms with Gasteiger partial charge in [0.25, 0.3) is 24.1 Å². The van der Waals surface area contributed by atoms with Crippen LogP contribution in [0.4, 0.5) is 20.2 Å². The molecule has 0 bridgehead atoms. The Kier molecular flexibility index (Phi) is 8.91. The summed E-state index contributed by atoms with van der Waals surface area (Å²) in [5.41, 5.74) is 0.371. The highest BCUT2D eigenvalue weighted by atomic mass is 35.5. The van der Waals surface area contributed by atoms with Crippen LogP contribution in [-0.4, -0.2) is 62.9 Å². The van der Waals surface area contributed by atoms with E-state index in [0.717, 1.165) is 11.3 Å². The van der Waals surface area contributed by atoms with Crippen molar-refractivity contribution >= 4 is 57.9 Å². The van der Waals surface area contributed by atoms with Gasteiger partial charge in [0, 0.05) is 25.2 Å². The first-order valence-corrected chi connectivity index (χ1v) is 11.4. The van der Waals surface area contributed by atoms with Crippen LogP contribution in [0.5, 0.6) is 0 Å². The van der Waals surface area contributed by atoms with Crippen molar-refractivity contribution < 1.29 is 32.7 Å². The zero-order valence-electron chi connectivity index (χ0n) is 17.7. The van der Waals surface area contributed by atoms with Crippen molar-refractivity contribution in [1.82, 2.24) is 10.6 Å². The Bertz CT molecular complexity index is 1080. The number of nitrogens with zero attached hydrogens (tertiary/aromatic N) is 1. The minimum Gasteiger partial charge on any atom is -0.370 e. The molecule has 13 heteroatoms. The monoisotopic (exact) mass is 514 g/mol. The summed E-state index contributed by atoms with van der Waals surface area (Å²) in [6, 6.07) is 7.45. The highest BCUT2D eigenvalue weighted by molar-refractivity contribution is 7.18. The van der Waals surface area contributed by atoms with Crippen LogP contribution in [0.3, 0.4) is 0 Å². The molecule has 9 nitrogen and oxygen atoms in total. The molecule has 1 aromatic carbocycles. The van der Waals surface area contributed by atoms with Crippen LogP contribution in [0, 0.1) is 0 Å². The summed E-state index contributed by atoms with van der Waals surface area (Å²) in [5, 5.41) is 7.24. The molecular weight excluding hydrogens is 494 g/mol. The second-order valence-electron chi connectivity index (χ2n) is 7.09. The van der Waals surface area contributed by atoms with Crippen molar-refractivity contribution in [3.05, 3.63) is 45.1 Å². The van der Waals surface area contributed by atoms with Gasteiger partial charge in [-0.25, -0.2) is 8.78 Å². The molecule has 0 spiro atoms. The Morgan fingerprint density at radius 3 is 2.62 bits per heavy atom. The van der Waals surface area contributed by atoms with E-state index in [4.69, 9.17) is 16.3 Å². The van der Waals surface area contributed by atoms with Crippen LogP contribution in [0.2, 0.25) is 4.34 Å². The van der Waals surface area contributed by atoms with Gasteiger partial charge in [-0.1, -0.05) is 11.6 Å². The molecular formula is C21H21ClF2N4O5S. The number of carbonyl (C=O) groups excluding carboxylic acids is 4. The van der Waals surface area contributed by atoms with Crippen molar-refractivity contribution in [2.45, 2.75) is 12.8 Å². The lowest BCUT2D eigenvalue weighted by atomic mass is 10.1. The summed E-state index contributed by atoms with van der Waals surface area (Å²) in [6.45, 7) is -0.397. The molecule has 0 unspecified atom stereocenters. The van der Waals surface area contributed by atoms with Crippen LogP contribution < -0.4 is 20.9 Å². The third-order valence-corrected chi connectivity index (χ3v) is 5.90. The summed E-state index contributed by atoms with van der Waals surface area (Å²) in [4.78, 5) is 50.9. The molecule has 2 aromatic rings. The molecule has 2 heterocycles. The quantitative estimate of drug-likeness (QED) is 0.475. The number of amides is 4. The molecule has 3 N–H and O–H groups in total. The van der Waals surface area contributed by atoms with Gasteiger partial charge in [-0.05, 0) is 30.3 Å². The second kappa shape index (κ2) is 11.9. The number of carbonyl (C=O) groups is 4. The van der Waals surface area contributed by atoms with E-state index >= 15 is 0 Å². The lowest BCUT2D eigenvalue weighted by Gasteiger charge is -2.27. The Balaban J connectivity index is 1.68. The Labute approximate surface area is 202 Å². The molecule has 1 aliphatic rings. The first-order valence-electron chi connectivity index (χ1n) is 10.2. The summed E-state index contributed by atoms with van der Waals surface area (Å²) in [5.74, 6) is -2.04. The molecule has 1 fully saturated rings. The van der Waals surface area contributed by atoms with Gasteiger partial charge < -0.3 is 25.6 Å². The highest BCUT2D eigenvalue weighted by Crippen LogP contribution is 2.25. The summed E-state index contributed by atoms with van der Waals surface area (Å²) in [7, 11) is 0. The van der Waals surface area contributed by atoms with Crippen molar-refractivity contribution in [2.75, 3.05) is 43.1 Å². The fourth-order valence-corrected chi connectivity index (χ4v) is 4.04. The average molecular weight is 515 g/mol. The molecule has 1 aromatic heterocycles. The minimum atomic E-state index is -2.76. The molecule has 4 amide bonds. The van der Waals surface area contributed by atoms with Crippen LogP contribution in [0.25, 0.3) is 0 Å². The van der Waals surface area contributed by atoms with Gasteiger partial charge in [0.1, 0.15) is 6.61 Å². The van der Waals surface area contributed by atoms with Crippen molar-refractivity contribution in [2.24, 2.45) is 0 Å². The van der Waals surface area contributed by atoms with E-state index in [1.165, 1.54) is 23.1 Å². The normalized spacial score (nSPS) is 13.6. The number of anilines is 2. The summed E-state index contributed by atoms with van der Waals surface area (Å²) >= 11 is 6.90. The fourth-order valence-electron chi connectivity index (χ4n) is 3.08. The lowest BCUT2D eigenvalue weighted by molar-refractivity contribution is -0.125. The van der Waals surface area contributed by atoms with Crippen LogP contribution in [0.15, 0.2) is 30.3 Å². The number of hydrogen-bond acceptors (Lipinski definition) is 6. The van der Waals surface area contributed by atoms with E-state index in [1.807, 2.05) is 0 Å². The van der Waals surface area contributed by atoms with E-state index in [2.05, 4.69) is 16.0 Å². The highest BCUT2D eigenvalue weighted by Gasteiger charge is 2.23. The van der Waals surface area contributed by atoms with Crippen molar-refractivity contribution in [1.29, 1.82) is 0 Å². The summed E-state index contributed by atoms with van der Waals surface area (Å²) in [6.07, 6.45) is -2.86. The minimum absolute atomic E-state index is 0.0213. The molecule has 1 aliphatic heterocycles. The predicted molar refractivity (Wildman–Crippen MR) is 123 cm³/mol. The number of thiophene rings is 1. The first kappa shape index (κ1) is 25.5. The molecule has 0 aliphatic carbocycles. The van der Waals surface area contributed by atoms with E-state index < -0.39 is 24.8 Å². The SMILES string of the molecule is O=C(CCNC(=O)c1ccc(Cl)s1)Nc1ccc(N2CCOCC2=O)cc1C(=O)NCC(F)F. The third-order valence-electron chi connectivity index (χ3n) is 4.67. The van der Waals surface area contributed by atoms with Gasteiger partial charge in [0.2, 0.25) is 5.91 Å². The zero-order chi connectivity index (χ0) is 24.7. The van der Waals surface area contributed by atoms with Gasteiger partial charge in [-0.2, -0.15) is 0 Å². The van der Waals surface area contributed by atoms with Crippen molar-refractivity contribution in [3.63, 3.8) is 0 Å². The number of ether oxygens (including phenoxy) is 1. The van der Waals surface area contributed by atoms with E-state index in [9.17, 15) is 28.0 Å². The lowest BCUT2D eigenvalue weighted by Crippen LogP contribution is -2.41. The molecule has 1 saturated heterocycles. The predicted octanol–water partition coefficient (Wildman–Crippen LogP) is 2.52. The molecule has 182 valence electrons. The maximum atomic E-state index is 12.6. The maximum Gasteiger partial charge on any atom is 0.261 e. The van der Waals surface area contributed by atoms with Gasteiger partial charge in [-0.3, -0.25) is 19.2 Å². The topological polar surface area (TPSA) is 117 Å². The van der Waals surface area contributed by atoms with Gasteiger partial charge in [0.15, 0.2) is 0 Å². The Morgan fingerprint density at radius 2 is 1.94 bits per heavy atom. The number of rotatable bonds is 9. The zero-order valence-corrected chi connectivity index (χ0v) is 19.3. The van der Waals surface area contributed by atoms with E-state index in [0.29, 0.717) is 21.5 Å². The van der Waals surface area contributed by atoms with Crippen LogP contribution >= 0.6 is 22.9 Å². The number of hydrogen-bond donors (Lipinski definition) is 3. The van der Waals surface area contributed by atoms with Gasteiger partial charge in [0.05, 0.1) is 33.6 Å². The number of nitrogens with one attached hydrogen (secondary N) is 3. The fraction of sp³-hybridized carbons (Fsp3) is 0.333. The molecule has 3 rings (SSSR count). The number of benzene rings is 1. The second-order valence-corrected chi connectivity index (χ2v) is 8.80. The van der Waals surface area contributed by atoms with E-state index in [1.54, 1.807) is 12.1 Å². The van der Waals surface area contributed by atoms with Gasteiger partial charge >= 0.3 is 0 Å². The maximum absolute atomic E-state index is 12.6. The van der Waals surface area contributed by atoms with Gasteiger partial charge in [-0.15, -0.1) is 11.3 Å². The van der Waals surface area contributed by atoms with Crippen LogP contribution in [-0.2, 0) is 14.3 Å². The summed E-state index contributed by atoms with van der Waals surface area (Å²) < 4.78 is 30.7. The smallest absolute Gasteiger partial charge is 0.261 e. The molecule has 0 atom stereocenters. The number of halogens is 3. The molecule has 0 saturated carbocycles. The third kappa shape index (κ3) is 6.95. The van der Waals surface area contributed by atoms with Crippen molar-refractivity contribution in [3.8, 4) is 0 Å². The Hall–Kier alpha value is -3.09. The number of alkyl halides is 2. The standard InChI is InChI=1S/C21H21ClF2N4O5S/c22-16-4-3-15(34-16)21(32)25-6-5-18(29)27-14-2-1-12(28-7-8-33-11-19(28)30)9-13(14)20(31)26-10-17(23)24/h1-4,9,17H,5-8,10-11H2,(H,25,32)(H,26,31)(H,27,29). The Morgan fingerprint density at radius 1 is 1.15 bits per heavy atom. The largest absolute Gasteiger partial charge is 0.370 e. The van der Waals surface area contributed by atoms with Crippen LogP contribution in [0.1, 0.15) is 26.5 Å². The van der Waals surface area contributed by atoms with E-state index in [-0.39, 0.29) is 49.2 Å². The number of morpholine rings is 1.